The van der Waals surface area contributed by atoms with Gasteiger partial charge in [-0.1, -0.05) is 43.3 Å². The summed E-state index contributed by atoms with van der Waals surface area (Å²) in [7, 11) is 0. The zero-order valence-corrected chi connectivity index (χ0v) is 14.2. The smallest absolute Gasteiger partial charge is 0.299 e. The predicted molar refractivity (Wildman–Crippen MR) is 99.1 cm³/mol. The van der Waals surface area contributed by atoms with Crippen molar-refractivity contribution in [3.63, 3.8) is 0 Å². The summed E-state index contributed by atoms with van der Waals surface area (Å²) >= 11 is 0. The molecule has 4 heteroatoms. The normalized spacial score (nSPS) is 13.7. The molecule has 4 nitrogen and oxygen atoms in total. The third kappa shape index (κ3) is 2.54. The van der Waals surface area contributed by atoms with Crippen LogP contribution in [0.25, 0.3) is 10.9 Å². The van der Waals surface area contributed by atoms with Crippen LogP contribution in [0.15, 0.2) is 48.7 Å². The molecular formula is C21H20N2O2. The molecule has 4 rings (SSSR count). The van der Waals surface area contributed by atoms with E-state index in [9.17, 15) is 9.59 Å². The summed E-state index contributed by atoms with van der Waals surface area (Å²) in [4.78, 5) is 30.6. The van der Waals surface area contributed by atoms with Crippen LogP contribution < -0.4 is 4.90 Å². The maximum absolute atomic E-state index is 12.9. The summed E-state index contributed by atoms with van der Waals surface area (Å²) < 4.78 is 0. The summed E-state index contributed by atoms with van der Waals surface area (Å²) in [5.74, 6) is -0.897. The number of hydrogen-bond donors (Lipinski definition) is 1. The van der Waals surface area contributed by atoms with E-state index in [1.165, 1.54) is 0 Å². The fraction of sp³-hybridized carbons (Fsp3) is 0.238. The van der Waals surface area contributed by atoms with Gasteiger partial charge in [0.05, 0.1) is 5.56 Å². The SMILES string of the molecule is CCc1cccc2c(C(=O)C(=O)N3CCCc4ccccc43)c[nH]c12. The summed E-state index contributed by atoms with van der Waals surface area (Å²) in [6.45, 7) is 2.66. The Hall–Kier alpha value is -2.88. The number of nitrogens with zero attached hydrogens (tertiary/aromatic N) is 1. The van der Waals surface area contributed by atoms with Gasteiger partial charge in [-0.2, -0.15) is 0 Å². The average molecular weight is 332 g/mol. The van der Waals surface area contributed by atoms with Crippen molar-refractivity contribution in [3.05, 3.63) is 65.4 Å². The molecule has 0 saturated carbocycles. The average Bonchev–Trinajstić information content (AvgIpc) is 3.10. The summed E-state index contributed by atoms with van der Waals surface area (Å²) in [6, 6.07) is 13.7. The van der Waals surface area contributed by atoms with Gasteiger partial charge in [-0.25, -0.2) is 0 Å². The van der Waals surface area contributed by atoms with Crippen molar-refractivity contribution in [2.75, 3.05) is 11.4 Å². The van der Waals surface area contributed by atoms with E-state index in [1.54, 1.807) is 11.1 Å². The number of ketones is 1. The molecule has 0 unspecified atom stereocenters. The topological polar surface area (TPSA) is 53.2 Å². The minimum absolute atomic E-state index is 0.448. The minimum atomic E-state index is -0.449. The Morgan fingerprint density at radius 1 is 1.12 bits per heavy atom. The fourth-order valence-corrected chi connectivity index (χ4v) is 3.68. The number of rotatable bonds is 3. The standard InChI is InChI=1S/C21H20N2O2/c1-2-14-8-5-10-16-17(13-22-19(14)16)20(24)21(25)23-12-6-9-15-7-3-4-11-18(15)23/h3-5,7-8,10-11,13,22H,2,6,9,12H2,1H3. The van der Waals surface area contributed by atoms with E-state index in [0.717, 1.165) is 47.0 Å². The number of H-pyrrole nitrogens is 1. The molecule has 1 aromatic heterocycles. The Labute approximate surface area is 146 Å². The van der Waals surface area contributed by atoms with Crippen molar-refractivity contribution in [1.82, 2.24) is 4.98 Å². The highest BCUT2D eigenvalue weighted by atomic mass is 16.2. The first-order chi connectivity index (χ1) is 12.2. The Bertz CT molecular complexity index is 971. The molecule has 0 aliphatic carbocycles. The molecule has 1 N–H and O–H groups in total. The molecule has 0 bridgehead atoms. The van der Waals surface area contributed by atoms with E-state index in [-0.39, 0.29) is 0 Å². The van der Waals surface area contributed by atoms with Crippen molar-refractivity contribution < 1.29 is 9.59 Å². The van der Waals surface area contributed by atoms with Crippen molar-refractivity contribution in [1.29, 1.82) is 0 Å². The summed E-state index contributed by atoms with van der Waals surface area (Å²) in [6.07, 6.45) is 4.36. The van der Waals surface area contributed by atoms with Crippen LogP contribution in [0.2, 0.25) is 0 Å². The third-order valence-corrected chi connectivity index (χ3v) is 4.98. The lowest BCUT2D eigenvalue weighted by Crippen LogP contribution is -2.40. The maximum atomic E-state index is 12.9. The number of benzene rings is 2. The molecule has 3 aromatic rings. The van der Waals surface area contributed by atoms with Crippen LogP contribution in [-0.2, 0) is 17.6 Å². The zero-order valence-electron chi connectivity index (χ0n) is 14.2. The zero-order chi connectivity index (χ0) is 17.4. The molecule has 0 fully saturated rings. The van der Waals surface area contributed by atoms with Gasteiger partial charge in [0.25, 0.3) is 11.7 Å². The van der Waals surface area contributed by atoms with Crippen LogP contribution in [0.3, 0.4) is 0 Å². The molecule has 0 atom stereocenters. The number of fused-ring (bicyclic) bond motifs is 2. The van der Waals surface area contributed by atoms with E-state index in [4.69, 9.17) is 0 Å². The second-order valence-corrected chi connectivity index (χ2v) is 6.41. The van der Waals surface area contributed by atoms with Gasteiger partial charge < -0.3 is 9.88 Å². The van der Waals surface area contributed by atoms with E-state index < -0.39 is 11.7 Å². The first-order valence-corrected chi connectivity index (χ1v) is 8.73. The van der Waals surface area contributed by atoms with Gasteiger partial charge in [-0.15, -0.1) is 0 Å². The number of nitrogens with one attached hydrogen (secondary N) is 1. The number of carbonyl (C=O) groups is 2. The first kappa shape index (κ1) is 15.6. The monoisotopic (exact) mass is 332 g/mol. The van der Waals surface area contributed by atoms with Gasteiger partial charge >= 0.3 is 0 Å². The second kappa shape index (κ2) is 6.20. The number of para-hydroxylation sites is 2. The van der Waals surface area contributed by atoms with Gasteiger partial charge in [0.15, 0.2) is 0 Å². The third-order valence-electron chi connectivity index (χ3n) is 4.98. The largest absolute Gasteiger partial charge is 0.360 e. The lowest BCUT2D eigenvalue weighted by atomic mass is 10.00. The van der Waals surface area contributed by atoms with Crippen molar-refractivity contribution >= 4 is 28.3 Å². The molecule has 126 valence electrons. The van der Waals surface area contributed by atoms with Gasteiger partial charge in [-0.05, 0) is 36.5 Å². The highest BCUT2D eigenvalue weighted by Crippen LogP contribution is 2.28. The van der Waals surface area contributed by atoms with Crippen LogP contribution in [0.5, 0.6) is 0 Å². The van der Waals surface area contributed by atoms with E-state index in [2.05, 4.69) is 11.9 Å². The number of aromatic nitrogens is 1. The molecule has 1 aliphatic rings. The number of anilines is 1. The van der Waals surface area contributed by atoms with Gasteiger partial charge in [0.2, 0.25) is 0 Å². The molecular weight excluding hydrogens is 312 g/mol. The van der Waals surface area contributed by atoms with Crippen LogP contribution in [-0.4, -0.2) is 23.2 Å². The lowest BCUT2D eigenvalue weighted by Gasteiger charge is -2.28. The molecule has 2 heterocycles. The Morgan fingerprint density at radius 2 is 1.96 bits per heavy atom. The van der Waals surface area contributed by atoms with Crippen LogP contribution >= 0.6 is 0 Å². The number of carbonyl (C=O) groups excluding carboxylic acids is 2. The van der Waals surface area contributed by atoms with Crippen molar-refractivity contribution in [2.24, 2.45) is 0 Å². The molecule has 1 aliphatic heterocycles. The fourth-order valence-electron chi connectivity index (χ4n) is 3.68. The van der Waals surface area contributed by atoms with Gasteiger partial charge in [0, 0.05) is 29.3 Å². The molecule has 0 spiro atoms. The lowest BCUT2D eigenvalue weighted by molar-refractivity contribution is -0.114. The number of aromatic amines is 1. The Balaban J connectivity index is 1.72. The number of hydrogen-bond acceptors (Lipinski definition) is 2. The van der Waals surface area contributed by atoms with Crippen LogP contribution in [0.4, 0.5) is 5.69 Å². The molecule has 1 amide bonds. The van der Waals surface area contributed by atoms with E-state index in [1.807, 2.05) is 42.5 Å². The molecule has 0 radical (unpaired) electrons. The van der Waals surface area contributed by atoms with E-state index in [0.29, 0.717) is 12.1 Å². The predicted octanol–water partition coefficient (Wildman–Crippen LogP) is 3.89. The van der Waals surface area contributed by atoms with Gasteiger partial charge in [0.1, 0.15) is 0 Å². The van der Waals surface area contributed by atoms with Crippen molar-refractivity contribution in [3.8, 4) is 0 Å². The Morgan fingerprint density at radius 3 is 2.80 bits per heavy atom. The highest BCUT2D eigenvalue weighted by molar-refractivity contribution is 6.49. The molecule has 25 heavy (non-hydrogen) atoms. The summed E-state index contributed by atoms with van der Waals surface area (Å²) in [5.41, 5.74) is 4.54. The first-order valence-electron chi connectivity index (χ1n) is 8.73. The number of amides is 1. The van der Waals surface area contributed by atoms with Gasteiger partial charge in [-0.3, -0.25) is 9.59 Å². The maximum Gasteiger partial charge on any atom is 0.299 e. The molecule has 0 saturated heterocycles. The highest BCUT2D eigenvalue weighted by Gasteiger charge is 2.29. The summed E-state index contributed by atoms with van der Waals surface area (Å²) in [5, 5.41) is 0.822. The van der Waals surface area contributed by atoms with E-state index >= 15 is 0 Å². The quantitative estimate of drug-likeness (QED) is 0.584. The van der Waals surface area contributed by atoms with Crippen LogP contribution in [0, 0.1) is 0 Å². The number of Topliss-reactive ketones (excluding diaryl/α,β-unsaturated/α-hetero) is 1. The van der Waals surface area contributed by atoms with Crippen molar-refractivity contribution in [2.45, 2.75) is 26.2 Å². The van der Waals surface area contributed by atoms with Crippen LogP contribution in [0.1, 0.15) is 34.8 Å². The minimum Gasteiger partial charge on any atom is -0.360 e. The second-order valence-electron chi connectivity index (χ2n) is 6.41. The Kier molecular flexibility index (Phi) is 3.88. The molecule has 2 aromatic carbocycles. The number of aryl methyl sites for hydroxylation is 2.